The highest BCUT2D eigenvalue weighted by Gasteiger charge is 2.24. The lowest BCUT2D eigenvalue weighted by atomic mass is 10.1. The molecule has 1 aliphatic rings. The standard InChI is InChI=1S/C20H19N5O4/c1-13(15-5-3-2-4-6-15)24-20-18(25(26)27)19(22-11-23-20)21-10-14-7-8-16-17(9-14)29-12-28-16/h2-9,11,13H,10,12H2,1H3,(H2,21,22,23,24). The second-order valence-electron chi connectivity index (χ2n) is 6.49. The Kier molecular flexibility index (Phi) is 5.10. The van der Waals surface area contributed by atoms with Gasteiger partial charge in [-0.25, -0.2) is 9.97 Å². The molecular weight excluding hydrogens is 374 g/mol. The molecule has 1 atom stereocenters. The number of nitrogens with one attached hydrogen (secondary N) is 2. The Balaban J connectivity index is 1.54. The van der Waals surface area contributed by atoms with Gasteiger partial charge < -0.3 is 20.1 Å². The van der Waals surface area contributed by atoms with Crippen LogP contribution in [0.5, 0.6) is 11.5 Å². The molecule has 3 aromatic rings. The molecule has 2 aromatic carbocycles. The van der Waals surface area contributed by atoms with Crippen LogP contribution in [0, 0.1) is 10.1 Å². The fourth-order valence-electron chi connectivity index (χ4n) is 3.05. The fraction of sp³-hybridized carbons (Fsp3) is 0.200. The molecular formula is C20H19N5O4. The van der Waals surface area contributed by atoms with Crippen molar-refractivity contribution in [2.75, 3.05) is 17.4 Å². The molecule has 29 heavy (non-hydrogen) atoms. The summed E-state index contributed by atoms with van der Waals surface area (Å²) in [6.45, 7) is 2.45. The van der Waals surface area contributed by atoms with E-state index in [9.17, 15) is 10.1 Å². The molecule has 9 heteroatoms. The van der Waals surface area contributed by atoms with Gasteiger partial charge in [0.2, 0.25) is 18.4 Å². The fourth-order valence-corrected chi connectivity index (χ4v) is 3.05. The average molecular weight is 393 g/mol. The Morgan fingerprint density at radius 3 is 2.66 bits per heavy atom. The zero-order chi connectivity index (χ0) is 20.2. The lowest BCUT2D eigenvalue weighted by molar-refractivity contribution is -0.383. The van der Waals surface area contributed by atoms with Gasteiger partial charge in [0.25, 0.3) is 0 Å². The first kappa shape index (κ1) is 18.5. The number of nitrogens with zero attached hydrogens (tertiary/aromatic N) is 3. The van der Waals surface area contributed by atoms with Gasteiger partial charge in [-0.05, 0) is 30.2 Å². The maximum Gasteiger partial charge on any atom is 0.353 e. The predicted molar refractivity (Wildman–Crippen MR) is 107 cm³/mol. The van der Waals surface area contributed by atoms with E-state index >= 15 is 0 Å². The van der Waals surface area contributed by atoms with Gasteiger partial charge in [-0.3, -0.25) is 10.1 Å². The van der Waals surface area contributed by atoms with E-state index in [1.807, 2.05) is 55.5 Å². The van der Waals surface area contributed by atoms with Crippen LogP contribution >= 0.6 is 0 Å². The number of hydrogen-bond acceptors (Lipinski definition) is 8. The van der Waals surface area contributed by atoms with Gasteiger partial charge in [0.1, 0.15) is 6.33 Å². The normalized spacial score (nSPS) is 13.0. The minimum atomic E-state index is -0.484. The summed E-state index contributed by atoms with van der Waals surface area (Å²) in [5.41, 5.74) is 1.68. The highest BCUT2D eigenvalue weighted by molar-refractivity contribution is 5.69. The van der Waals surface area contributed by atoms with Crippen LogP contribution in [0.3, 0.4) is 0 Å². The minimum absolute atomic E-state index is 0.144. The monoisotopic (exact) mass is 393 g/mol. The second kappa shape index (κ2) is 8.01. The smallest absolute Gasteiger partial charge is 0.353 e. The van der Waals surface area contributed by atoms with Gasteiger partial charge in [-0.15, -0.1) is 0 Å². The summed E-state index contributed by atoms with van der Waals surface area (Å²) in [6, 6.07) is 15.0. The SMILES string of the molecule is CC(Nc1ncnc(NCc2ccc3c(c2)OCO3)c1[N+](=O)[O-])c1ccccc1. The molecule has 0 amide bonds. The molecule has 0 spiro atoms. The van der Waals surface area contributed by atoms with Crippen LogP contribution in [0.4, 0.5) is 17.3 Å². The van der Waals surface area contributed by atoms with E-state index in [-0.39, 0.29) is 30.2 Å². The Labute approximate surface area is 166 Å². The molecule has 2 heterocycles. The highest BCUT2D eigenvalue weighted by atomic mass is 16.7. The number of hydrogen-bond donors (Lipinski definition) is 2. The van der Waals surface area contributed by atoms with E-state index in [2.05, 4.69) is 20.6 Å². The predicted octanol–water partition coefficient (Wildman–Crippen LogP) is 3.90. The van der Waals surface area contributed by atoms with Crippen LogP contribution in [-0.4, -0.2) is 21.7 Å². The summed E-state index contributed by atoms with van der Waals surface area (Å²) in [5, 5.41) is 17.9. The number of aromatic nitrogens is 2. The Morgan fingerprint density at radius 2 is 1.86 bits per heavy atom. The lowest BCUT2D eigenvalue weighted by Crippen LogP contribution is -2.12. The van der Waals surface area contributed by atoms with Gasteiger partial charge in [-0.2, -0.15) is 0 Å². The Morgan fingerprint density at radius 1 is 1.10 bits per heavy atom. The summed E-state index contributed by atoms with van der Waals surface area (Å²) in [5.74, 6) is 1.64. The van der Waals surface area contributed by atoms with Crippen LogP contribution in [0.25, 0.3) is 0 Å². The third-order valence-electron chi connectivity index (χ3n) is 4.55. The Hall–Kier alpha value is -3.88. The van der Waals surface area contributed by atoms with Crippen LogP contribution in [0.1, 0.15) is 24.1 Å². The van der Waals surface area contributed by atoms with Crippen LogP contribution < -0.4 is 20.1 Å². The first-order valence-electron chi connectivity index (χ1n) is 9.05. The molecule has 9 nitrogen and oxygen atoms in total. The molecule has 1 aromatic heterocycles. The van der Waals surface area contributed by atoms with Gasteiger partial charge in [0.05, 0.1) is 11.0 Å². The summed E-state index contributed by atoms with van der Waals surface area (Å²) in [6.07, 6.45) is 1.30. The van der Waals surface area contributed by atoms with E-state index in [0.29, 0.717) is 18.0 Å². The summed E-state index contributed by atoms with van der Waals surface area (Å²) in [7, 11) is 0. The van der Waals surface area contributed by atoms with E-state index < -0.39 is 4.92 Å². The molecule has 1 unspecified atom stereocenters. The van der Waals surface area contributed by atoms with E-state index in [1.165, 1.54) is 6.33 Å². The Bertz CT molecular complexity index is 1030. The van der Waals surface area contributed by atoms with Gasteiger partial charge >= 0.3 is 5.69 Å². The van der Waals surface area contributed by atoms with Crippen molar-refractivity contribution in [3.05, 3.63) is 76.1 Å². The molecule has 0 saturated carbocycles. The van der Waals surface area contributed by atoms with Crippen molar-refractivity contribution in [2.45, 2.75) is 19.5 Å². The zero-order valence-corrected chi connectivity index (χ0v) is 15.7. The first-order chi connectivity index (χ1) is 14.1. The number of benzene rings is 2. The largest absolute Gasteiger partial charge is 0.454 e. The van der Waals surface area contributed by atoms with Crippen LogP contribution in [-0.2, 0) is 6.54 Å². The molecule has 0 radical (unpaired) electrons. The van der Waals surface area contributed by atoms with Crippen molar-refractivity contribution < 1.29 is 14.4 Å². The lowest BCUT2D eigenvalue weighted by Gasteiger charge is -2.16. The van der Waals surface area contributed by atoms with E-state index in [0.717, 1.165) is 11.1 Å². The first-order valence-corrected chi connectivity index (χ1v) is 9.05. The maximum atomic E-state index is 11.7. The topological polar surface area (TPSA) is 111 Å². The minimum Gasteiger partial charge on any atom is -0.454 e. The van der Waals surface area contributed by atoms with E-state index in [1.54, 1.807) is 0 Å². The summed E-state index contributed by atoms with van der Waals surface area (Å²) in [4.78, 5) is 19.4. The van der Waals surface area contributed by atoms with Crippen LogP contribution in [0.2, 0.25) is 0 Å². The summed E-state index contributed by atoms with van der Waals surface area (Å²) < 4.78 is 10.7. The molecule has 0 saturated heterocycles. The van der Waals surface area contributed by atoms with E-state index in [4.69, 9.17) is 9.47 Å². The summed E-state index contributed by atoms with van der Waals surface area (Å²) >= 11 is 0. The maximum absolute atomic E-state index is 11.7. The zero-order valence-electron chi connectivity index (χ0n) is 15.7. The second-order valence-corrected chi connectivity index (χ2v) is 6.49. The van der Waals surface area contributed by atoms with Gasteiger partial charge in [0.15, 0.2) is 11.5 Å². The van der Waals surface area contributed by atoms with Crippen molar-refractivity contribution >= 4 is 17.3 Å². The molecule has 0 aliphatic carbocycles. The van der Waals surface area contributed by atoms with Gasteiger partial charge in [0, 0.05) is 6.54 Å². The van der Waals surface area contributed by atoms with Crippen molar-refractivity contribution in [3.63, 3.8) is 0 Å². The highest BCUT2D eigenvalue weighted by Crippen LogP contribution is 2.34. The molecule has 0 fully saturated rings. The average Bonchev–Trinajstić information content (AvgIpc) is 3.20. The number of anilines is 2. The number of ether oxygens (including phenoxy) is 2. The third-order valence-corrected chi connectivity index (χ3v) is 4.55. The molecule has 2 N–H and O–H groups in total. The van der Waals surface area contributed by atoms with Crippen molar-refractivity contribution in [2.24, 2.45) is 0 Å². The van der Waals surface area contributed by atoms with Crippen molar-refractivity contribution in [3.8, 4) is 11.5 Å². The molecule has 148 valence electrons. The number of fused-ring (bicyclic) bond motifs is 1. The molecule has 4 rings (SSSR count). The number of nitro groups is 1. The number of rotatable bonds is 7. The van der Waals surface area contributed by atoms with Crippen LogP contribution in [0.15, 0.2) is 54.9 Å². The quantitative estimate of drug-likeness (QED) is 0.459. The van der Waals surface area contributed by atoms with Crippen molar-refractivity contribution in [1.29, 1.82) is 0 Å². The third kappa shape index (κ3) is 4.03. The van der Waals surface area contributed by atoms with Gasteiger partial charge in [-0.1, -0.05) is 36.4 Å². The van der Waals surface area contributed by atoms with Crippen molar-refractivity contribution in [1.82, 2.24) is 9.97 Å². The molecule has 1 aliphatic heterocycles. The molecule has 0 bridgehead atoms.